The summed E-state index contributed by atoms with van der Waals surface area (Å²) in [7, 11) is 0. The van der Waals surface area contributed by atoms with Gasteiger partial charge in [0.15, 0.2) is 0 Å². The number of carbonyl (C=O) groups excluding carboxylic acids is 1. The lowest BCUT2D eigenvalue weighted by molar-refractivity contribution is -0.129. The summed E-state index contributed by atoms with van der Waals surface area (Å²) in [5.74, 6) is 0.0709. The van der Waals surface area contributed by atoms with Crippen LogP contribution in [-0.4, -0.2) is 39.9 Å². The largest absolute Gasteiger partial charge is 0.391 e. The zero-order chi connectivity index (χ0) is 8.43. The van der Waals surface area contributed by atoms with Crippen LogP contribution < -0.4 is 0 Å². The van der Waals surface area contributed by atoms with Gasteiger partial charge in [-0.25, -0.2) is 0 Å². The summed E-state index contributed by atoms with van der Waals surface area (Å²) in [5, 5.41) is 9.12. The van der Waals surface area contributed by atoms with Crippen LogP contribution in [-0.2, 0) is 4.79 Å². The molecule has 1 aliphatic heterocycles. The fourth-order valence-corrected chi connectivity index (χ4v) is 1.48. The Kier molecular flexibility index (Phi) is 2.90. The van der Waals surface area contributed by atoms with Gasteiger partial charge in [-0.2, -0.15) is 0 Å². The Morgan fingerprint density at radius 1 is 1.82 bits per heavy atom. The van der Waals surface area contributed by atoms with Gasteiger partial charge in [-0.1, -0.05) is 15.9 Å². The fraction of sp³-hybridized carbons (Fsp3) is 0.857. The molecule has 0 bridgehead atoms. The number of aliphatic hydroxyl groups excluding tert-OH is 1. The van der Waals surface area contributed by atoms with E-state index < -0.39 is 0 Å². The number of amides is 1. The molecule has 4 heteroatoms. The predicted molar refractivity (Wildman–Crippen MR) is 45.6 cm³/mol. The average Bonchev–Trinajstić information content (AvgIpc) is 2.34. The van der Waals surface area contributed by atoms with Crippen molar-refractivity contribution in [2.75, 3.05) is 13.1 Å². The van der Waals surface area contributed by atoms with Crippen molar-refractivity contribution in [2.45, 2.75) is 24.3 Å². The fourth-order valence-electron chi connectivity index (χ4n) is 1.19. The standard InChI is InChI=1S/C7H12BrNO2/c1-5(8)7(11)9-3-2-6(10)4-9/h5-6,10H,2-4H2,1H3/t5?,6-/m0/s1. The SMILES string of the molecule is CC(Br)C(=O)N1CC[C@H](O)C1. The van der Waals surface area contributed by atoms with Crippen molar-refractivity contribution in [3.8, 4) is 0 Å². The minimum atomic E-state index is -0.315. The summed E-state index contributed by atoms with van der Waals surface area (Å²) in [4.78, 5) is 12.8. The quantitative estimate of drug-likeness (QED) is 0.651. The summed E-state index contributed by atoms with van der Waals surface area (Å²) in [6, 6.07) is 0. The highest BCUT2D eigenvalue weighted by molar-refractivity contribution is 9.10. The summed E-state index contributed by atoms with van der Waals surface area (Å²) in [5.41, 5.74) is 0. The third kappa shape index (κ3) is 2.17. The molecule has 1 aliphatic rings. The number of halogens is 1. The van der Waals surface area contributed by atoms with Crippen LogP contribution in [0, 0.1) is 0 Å². The number of β-amino-alcohol motifs (C(OH)–C–C–N with tert-alkyl or cyclic N) is 1. The molecule has 0 aromatic rings. The third-order valence-electron chi connectivity index (χ3n) is 1.82. The molecule has 1 heterocycles. The molecular weight excluding hydrogens is 210 g/mol. The zero-order valence-corrected chi connectivity index (χ0v) is 8.04. The van der Waals surface area contributed by atoms with Crippen LogP contribution in [0.3, 0.4) is 0 Å². The summed E-state index contributed by atoms with van der Waals surface area (Å²) in [6.45, 7) is 2.98. The molecule has 0 aromatic carbocycles. The molecule has 1 fully saturated rings. The van der Waals surface area contributed by atoms with Crippen LogP contribution in [0.4, 0.5) is 0 Å². The minimum absolute atomic E-state index is 0.0709. The molecule has 11 heavy (non-hydrogen) atoms. The van der Waals surface area contributed by atoms with Crippen LogP contribution >= 0.6 is 15.9 Å². The van der Waals surface area contributed by atoms with Crippen LogP contribution in [0.15, 0.2) is 0 Å². The molecule has 0 aromatic heterocycles. The van der Waals surface area contributed by atoms with Gasteiger partial charge >= 0.3 is 0 Å². The van der Waals surface area contributed by atoms with Crippen molar-refractivity contribution in [1.29, 1.82) is 0 Å². The number of rotatable bonds is 1. The average molecular weight is 222 g/mol. The van der Waals surface area contributed by atoms with Gasteiger partial charge in [-0.05, 0) is 13.3 Å². The lowest BCUT2D eigenvalue weighted by Gasteiger charge is -2.16. The number of hydrogen-bond acceptors (Lipinski definition) is 2. The lowest BCUT2D eigenvalue weighted by atomic mass is 10.3. The van der Waals surface area contributed by atoms with Gasteiger partial charge < -0.3 is 10.0 Å². The monoisotopic (exact) mass is 221 g/mol. The van der Waals surface area contributed by atoms with Gasteiger partial charge in [-0.3, -0.25) is 4.79 Å². The van der Waals surface area contributed by atoms with Gasteiger partial charge in [0, 0.05) is 13.1 Å². The van der Waals surface area contributed by atoms with Gasteiger partial charge in [-0.15, -0.1) is 0 Å². The highest BCUT2D eigenvalue weighted by Crippen LogP contribution is 2.12. The van der Waals surface area contributed by atoms with Crippen molar-refractivity contribution < 1.29 is 9.90 Å². The first-order valence-corrected chi connectivity index (χ1v) is 4.63. The van der Waals surface area contributed by atoms with Crippen molar-refractivity contribution >= 4 is 21.8 Å². The Balaban J connectivity index is 2.43. The molecule has 1 amide bonds. The van der Waals surface area contributed by atoms with E-state index in [1.165, 1.54) is 0 Å². The Morgan fingerprint density at radius 2 is 2.45 bits per heavy atom. The Bertz CT molecular complexity index is 161. The number of likely N-dealkylation sites (tertiary alicyclic amines) is 1. The highest BCUT2D eigenvalue weighted by atomic mass is 79.9. The lowest BCUT2D eigenvalue weighted by Crippen LogP contribution is -2.34. The van der Waals surface area contributed by atoms with Crippen LogP contribution in [0.25, 0.3) is 0 Å². The molecule has 0 saturated carbocycles. The summed E-state index contributed by atoms with van der Waals surface area (Å²) < 4.78 is 0. The van der Waals surface area contributed by atoms with E-state index in [2.05, 4.69) is 15.9 Å². The molecule has 1 unspecified atom stereocenters. The van der Waals surface area contributed by atoms with E-state index in [1.807, 2.05) is 0 Å². The first-order valence-electron chi connectivity index (χ1n) is 3.72. The molecule has 1 rings (SSSR count). The second-order valence-corrected chi connectivity index (χ2v) is 4.22. The Labute approximate surface area is 74.5 Å². The minimum Gasteiger partial charge on any atom is -0.391 e. The zero-order valence-electron chi connectivity index (χ0n) is 6.46. The maximum absolute atomic E-state index is 11.3. The first-order chi connectivity index (χ1) is 5.11. The highest BCUT2D eigenvalue weighted by Gasteiger charge is 2.26. The van der Waals surface area contributed by atoms with Gasteiger partial charge in [0.1, 0.15) is 0 Å². The second-order valence-electron chi connectivity index (χ2n) is 2.84. The first kappa shape index (κ1) is 9.00. The van der Waals surface area contributed by atoms with Crippen molar-refractivity contribution in [3.63, 3.8) is 0 Å². The van der Waals surface area contributed by atoms with Crippen molar-refractivity contribution in [3.05, 3.63) is 0 Å². The summed E-state index contributed by atoms with van der Waals surface area (Å²) in [6.07, 6.45) is 0.399. The van der Waals surface area contributed by atoms with E-state index in [0.717, 1.165) is 0 Å². The second kappa shape index (κ2) is 3.54. The molecule has 0 radical (unpaired) electrons. The Hall–Kier alpha value is -0.0900. The van der Waals surface area contributed by atoms with E-state index in [9.17, 15) is 4.79 Å². The van der Waals surface area contributed by atoms with Crippen molar-refractivity contribution in [2.24, 2.45) is 0 Å². The number of alkyl halides is 1. The molecule has 0 aliphatic carbocycles. The van der Waals surface area contributed by atoms with Crippen LogP contribution in [0.5, 0.6) is 0 Å². The van der Waals surface area contributed by atoms with Gasteiger partial charge in [0.25, 0.3) is 0 Å². The molecule has 3 nitrogen and oxygen atoms in total. The van der Waals surface area contributed by atoms with E-state index >= 15 is 0 Å². The number of hydrogen-bond donors (Lipinski definition) is 1. The molecule has 0 spiro atoms. The molecule has 64 valence electrons. The number of carbonyl (C=O) groups is 1. The molecular formula is C7H12BrNO2. The number of nitrogens with zero attached hydrogens (tertiary/aromatic N) is 1. The van der Waals surface area contributed by atoms with E-state index in [4.69, 9.17) is 5.11 Å². The summed E-state index contributed by atoms with van der Waals surface area (Å²) >= 11 is 3.20. The normalized spacial score (nSPS) is 27.2. The molecule has 1 N–H and O–H groups in total. The maximum Gasteiger partial charge on any atom is 0.236 e. The van der Waals surface area contributed by atoms with Gasteiger partial charge in [0.05, 0.1) is 10.9 Å². The molecule has 1 saturated heterocycles. The van der Waals surface area contributed by atoms with Crippen molar-refractivity contribution in [1.82, 2.24) is 4.90 Å². The Morgan fingerprint density at radius 3 is 2.82 bits per heavy atom. The van der Waals surface area contributed by atoms with Crippen LogP contribution in [0.1, 0.15) is 13.3 Å². The topological polar surface area (TPSA) is 40.5 Å². The predicted octanol–water partition coefficient (Wildman–Crippen LogP) is 0.363. The van der Waals surface area contributed by atoms with E-state index in [0.29, 0.717) is 19.5 Å². The molecule has 2 atom stereocenters. The van der Waals surface area contributed by atoms with Crippen LogP contribution in [0.2, 0.25) is 0 Å². The number of aliphatic hydroxyl groups is 1. The maximum atomic E-state index is 11.3. The third-order valence-corrected chi connectivity index (χ3v) is 2.21. The smallest absolute Gasteiger partial charge is 0.236 e. The van der Waals surface area contributed by atoms with E-state index in [-0.39, 0.29) is 16.8 Å². The van der Waals surface area contributed by atoms with Gasteiger partial charge in [0.2, 0.25) is 5.91 Å². The van der Waals surface area contributed by atoms with E-state index in [1.54, 1.807) is 11.8 Å².